The van der Waals surface area contributed by atoms with E-state index in [9.17, 15) is 9.18 Å². The van der Waals surface area contributed by atoms with Crippen molar-refractivity contribution < 1.29 is 9.18 Å². The van der Waals surface area contributed by atoms with Crippen LogP contribution in [0.1, 0.15) is 12.0 Å². The molecule has 0 fully saturated rings. The lowest BCUT2D eigenvalue weighted by Gasteiger charge is -2.11. The van der Waals surface area contributed by atoms with Crippen molar-refractivity contribution in [3.05, 3.63) is 96.3 Å². The lowest BCUT2D eigenvalue weighted by molar-refractivity contribution is -0.115. The van der Waals surface area contributed by atoms with Crippen molar-refractivity contribution in [2.24, 2.45) is 0 Å². The third-order valence-electron chi connectivity index (χ3n) is 4.62. The number of hydrogen-bond acceptors (Lipinski definition) is 4. The number of hydrogen-bond donors (Lipinski definition) is 1. The summed E-state index contributed by atoms with van der Waals surface area (Å²) in [6, 6.07) is 25.6. The van der Waals surface area contributed by atoms with Crippen molar-refractivity contribution in [2.45, 2.75) is 18.1 Å². The number of aromatic nitrogens is 3. The Morgan fingerprint density at radius 3 is 2.29 bits per heavy atom. The Balaban J connectivity index is 1.48. The molecule has 0 spiro atoms. The molecular weight excluding hydrogens is 411 g/mol. The van der Waals surface area contributed by atoms with E-state index in [2.05, 4.69) is 15.5 Å². The topological polar surface area (TPSA) is 59.8 Å². The van der Waals surface area contributed by atoms with Crippen molar-refractivity contribution in [3.8, 4) is 11.4 Å². The molecule has 0 unspecified atom stereocenters. The highest BCUT2D eigenvalue weighted by Crippen LogP contribution is 2.26. The monoisotopic (exact) mass is 432 g/mol. The maximum Gasteiger partial charge on any atom is 0.225 e. The second kappa shape index (κ2) is 10.0. The fourth-order valence-corrected chi connectivity index (χ4v) is 3.97. The molecule has 4 rings (SSSR count). The second-order valence-electron chi connectivity index (χ2n) is 6.90. The van der Waals surface area contributed by atoms with Gasteiger partial charge >= 0.3 is 0 Å². The van der Waals surface area contributed by atoms with Crippen LogP contribution in [0.2, 0.25) is 0 Å². The molecule has 0 saturated carbocycles. The first-order valence-electron chi connectivity index (χ1n) is 9.90. The fourth-order valence-electron chi connectivity index (χ4n) is 3.10. The highest BCUT2D eigenvalue weighted by atomic mass is 32.2. The molecule has 156 valence electrons. The maximum absolute atomic E-state index is 13.4. The number of benzene rings is 3. The molecule has 1 N–H and O–H groups in total. The molecule has 7 heteroatoms. The molecule has 1 heterocycles. The van der Waals surface area contributed by atoms with Gasteiger partial charge in [0.2, 0.25) is 5.91 Å². The number of halogens is 1. The van der Waals surface area contributed by atoms with Gasteiger partial charge in [-0.2, -0.15) is 0 Å². The number of nitrogens with zero attached hydrogens (tertiary/aromatic N) is 3. The minimum atomic E-state index is -0.295. The van der Waals surface area contributed by atoms with Gasteiger partial charge in [-0.05, 0) is 42.0 Å². The van der Waals surface area contributed by atoms with E-state index >= 15 is 0 Å². The second-order valence-corrected chi connectivity index (χ2v) is 7.96. The van der Waals surface area contributed by atoms with Gasteiger partial charge in [-0.15, -0.1) is 10.2 Å². The summed E-state index contributed by atoms with van der Waals surface area (Å²) in [5.74, 6) is 0.887. The Bertz CT molecular complexity index is 1130. The van der Waals surface area contributed by atoms with E-state index in [4.69, 9.17) is 0 Å². The van der Waals surface area contributed by atoms with Gasteiger partial charge < -0.3 is 5.32 Å². The van der Waals surface area contributed by atoms with E-state index in [1.807, 2.05) is 65.2 Å². The van der Waals surface area contributed by atoms with Crippen LogP contribution in [-0.4, -0.2) is 26.4 Å². The van der Waals surface area contributed by atoms with E-state index < -0.39 is 0 Å². The molecule has 0 aliphatic carbocycles. The van der Waals surface area contributed by atoms with Crippen LogP contribution in [0.5, 0.6) is 0 Å². The molecule has 0 aliphatic heterocycles. The smallest absolute Gasteiger partial charge is 0.225 e. The third-order valence-corrected chi connectivity index (χ3v) is 5.59. The van der Waals surface area contributed by atoms with Crippen LogP contribution in [-0.2, 0) is 11.3 Å². The van der Waals surface area contributed by atoms with Crippen molar-refractivity contribution in [2.75, 3.05) is 11.1 Å². The summed E-state index contributed by atoms with van der Waals surface area (Å²) in [4.78, 5) is 12.2. The number of anilines is 1. The average molecular weight is 433 g/mol. The first-order chi connectivity index (χ1) is 15.2. The first-order valence-corrected chi connectivity index (χ1v) is 10.9. The molecule has 4 aromatic rings. The Labute approximate surface area is 184 Å². The van der Waals surface area contributed by atoms with Crippen LogP contribution in [0.15, 0.2) is 90.1 Å². The Hall–Kier alpha value is -3.45. The first kappa shape index (κ1) is 20.8. The van der Waals surface area contributed by atoms with Crippen LogP contribution in [0.3, 0.4) is 0 Å². The van der Waals surface area contributed by atoms with E-state index in [-0.39, 0.29) is 11.7 Å². The van der Waals surface area contributed by atoms with Gasteiger partial charge in [0.25, 0.3) is 0 Å². The number of rotatable bonds is 8. The van der Waals surface area contributed by atoms with Gasteiger partial charge in [-0.3, -0.25) is 9.36 Å². The number of amides is 1. The van der Waals surface area contributed by atoms with Crippen molar-refractivity contribution in [3.63, 3.8) is 0 Å². The number of para-hydroxylation sites is 1. The molecule has 0 saturated heterocycles. The molecule has 3 aromatic carbocycles. The van der Waals surface area contributed by atoms with Gasteiger partial charge in [-0.1, -0.05) is 60.3 Å². The average Bonchev–Trinajstić information content (AvgIpc) is 3.18. The quantitative estimate of drug-likeness (QED) is 0.386. The van der Waals surface area contributed by atoms with E-state index in [1.54, 1.807) is 12.1 Å². The van der Waals surface area contributed by atoms with Gasteiger partial charge in [0, 0.05) is 23.4 Å². The van der Waals surface area contributed by atoms with Gasteiger partial charge in [0.05, 0.1) is 6.54 Å². The van der Waals surface area contributed by atoms with Crippen LogP contribution in [0.25, 0.3) is 11.4 Å². The lowest BCUT2D eigenvalue weighted by atomic mass is 10.2. The molecular formula is C24H21FN4OS. The molecule has 0 atom stereocenters. The normalized spacial score (nSPS) is 10.7. The molecule has 0 radical (unpaired) electrons. The molecule has 0 bridgehead atoms. The van der Waals surface area contributed by atoms with Crippen molar-refractivity contribution in [1.29, 1.82) is 0 Å². The Morgan fingerprint density at radius 1 is 0.903 bits per heavy atom. The Morgan fingerprint density at radius 2 is 1.58 bits per heavy atom. The van der Waals surface area contributed by atoms with Crippen LogP contribution in [0, 0.1) is 5.82 Å². The summed E-state index contributed by atoms with van der Waals surface area (Å²) in [5, 5.41) is 12.3. The number of carbonyl (C=O) groups excluding carboxylic acids is 1. The molecule has 5 nitrogen and oxygen atoms in total. The summed E-state index contributed by atoms with van der Waals surface area (Å²) in [5.41, 5.74) is 2.68. The minimum absolute atomic E-state index is 0.0495. The summed E-state index contributed by atoms with van der Waals surface area (Å²) in [6.07, 6.45) is 0.351. The lowest BCUT2D eigenvalue weighted by Crippen LogP contribution is -2.12. The van der Waals surface area contributed by atoms with Gasteiger partial charge in [0.15, 0.2) is 11.0 Å². The zero-order valence-electron chi connectivity index (χ0n) is 16.7. The summed E-state index contributed by atoms with van der Waals surface area (Å²) in [6.45, 7) is 0.582. The van der Waals surface area contributed by atoms with E-state index in [1.165, 1.54) is 23.9 Å². The number of thioether (sulfide) groups is 1. The van der Waals surface area contributed by atoms with E-state index in [0.29, 0.717) is 24.5 Å². The minimum Gasteiger partial charge on any atom is -0.326 e. The number of nitrogens with one attached hydrogen (secondary N) is 1. The van der Waals surface area contributed by atoms with Crippen LogP contribution >= 0.6 is 11.8 Å². The molecule has 1 amide bonds. The molecule has 0 aliphatic rings. The zero-order chi connectivity index (χ0) is 21.5. The highest BCUT2D eigenvalue weighted by molar-refractivity contribution is 7.99. The maximum atomic E-state index is 13.4. The van der Waals surface area contributed by atoms with E-state index in [0.717, 1.165) is 22.0 Å². The zero-order valence-corrected chi connectivity index (χ0v) is 17.6. The molecule has 1 aromatic heterocycles. The standard InChI is InChI=1S/C24H21FN4OS/c25-20-13-11-19(12-14-20)23-27-28-24(29(23)17-18-7-3-1-4-8-18)31-16-15-22(30)26-21-9-5-2-6-10-21/h1-14H,15-17H2,(H,26,30). The predicted octanol–water partition coefficient (Wildman–Crippen LogP) is 5.25. The van der Waals surface area contributed by atoms with Crippen LogP contribution < -0.4 is 5.32 Å². The largest absolute Gasteiger partial charge is 0.326 e. The van der Waals surface area contributed by atoms with Crippen molar-refractivity contribution in [1.82, 2.24) is 14.8 Å². The molecule has 31 heavy (non-hydrogen) atoms. The number of carbonyl (C=O) groups is 1. The fraction of sp³-hybridized carbons (Fsp3) is 0.125. The predicted molar refractivity (Wildman–Crippen MR) is 121 cm³/mol. The highest BCUT2D eigenvalue weighted by Gasteiger charge is 2.15. The summed E-state index contributed by atoms with van der Waals surface area (Å²) >= 11 is 1.48. The van der Waals surface area contributed by atoms with Gasteiger partial charge in [0.1, 0.15) is 5.82 Å². The summed E-state index contributed by atoms with van der Waals surface area (Å²) < 4.78 is 15.4. The third kappa shape index (κ3) is 5.58. The van der Waals surface area contributed by atoms with Gasteiger partial charge in [-0.25, -0.2) is 4.39 Å². The van der Waals surface area contributed by atoms with Crippen molar-refractivity contribution >= 4 is 23.4 Å². The Kier molecular flexibility index (Phi) is 6.74. The summed E-state index contributed by atoms with van der Waals surface area (Å²) in [7, 11) is 0. The van der Waals surface area contributed by atoms with Crippen LogP contribution in [0.4, 0.5) is 10.1 Å². The SMILES string of the molecule is O=C(CCSc1nnc(-c2ccc(F)cc2)n1Cc1ccccc1)Nc1ccccc1.